The Kier molecular flexibility index (Phi) is 5.92. The summed E-state index contributed by atoms with van der Waals surface area (Å²) in [5.74, 6) is 0.433. The summed E-state index contributed by atoms with van der Waals surface area (Å²) >= 11 is 5.10. The zero-order valence-electron chi connectivity index (χ0n) is 9.61. The van der Waals surface area contributed by atoms with Crippen molar-refractivity contribution in [3.05, 3.63) is 20.8 Å². The molecule has 0 saturated carbocycles. The monoisotopic (exact) mass is 338 g/mol. The van der Waals surface area contributed by atoms with Crippen molar-refractivity contribution in [2.75, 3.05) is 20.1 Å². The molecule has 1 aromatic heterocycles. The summed E-state index contributed by atoms with van der Waals surface area (Å²) in [5.41, 5.74) is 0. The van der Waals surface area contributed by atoms with E-state index in [1.165, 1.54) is 4.88 Å². The van der Waals surface area contributed by atoms with Gasteiger partial charge in [0.15, 0.2) is 0 Å². The van der Waals surface area contributed by atoms with E-state index in [1.807, 2.05) is 17.3 Å². The number of carbonyl (C=O) groups excluding carboxylic acids is 1. The maximum absolute atomic E-state index is 12.0. The lowest BCUT2D eigenvalue weighted by Crippen LogP contribution is -2.33. The number of halogens is 2. The molecular formula is C11H16BrClN2OS. The SMILES string of the molecule is CN(Cc1cc(Br)cs1)C(=O)C1CCNC1.Cl. The van der Waals surface area contributed by atoms with Gasteiger partial charge in [0.1, 0.15) is 0 Å². The molecule has 17 heavy (non-hydrogen) atoms. The summed E-state index contributed by atoms with van der Waals surface area (Å²) < 4.78 is 1.09. The van der Waals surface area contributed by atoms with E-state index in [9.17, 15) is 4.79 Å². The van der Waals surface area contributed by atoms with Crippen LogP contribution in [0.4, 0.5) is 0 Å². The minimum Gasteiger partial charge on any atom is -0.340 e. The van der Waals surface area contributed by atoms with Crippen LogP contribution in [0.5, 0.6) is 0 Å². The van der Waals surface area contributed by atoms with E-state index >= 15 is 0 Å². The minimum atomic E-state index is 0. The van der Waals surface area contributed by atoms with Crippen molar-refractivity contribution in [2.24, 2.45) is 5.92 Å². The van der Waals surface area contributed by atoms with Crippen LogP contribution < -0.4 is 5.32 Å². The highest BCUT2D eigenvalue weighted by atomic mass is 79.9. The Balaban J connectivity index is 0.00000144. The largest absolute Gasteiger partial charge is 0.340 e. The first-order valence-electron chi connectivity index (χ1n) is 5.35. The summed E-state index contributed by atoms with van der Waals surface area (Å²) in [6.45, 7) is 2.51. The van der Waals surface area contributed by atoms with Crippen LogP contribution in [0, 0.1) is 5.92 Å². The van der Waals surface area contributed by atoms with Gasteiger partial charge in [-0.2, -0.15) is 0 Å². The standard InChI is InChI=1S/C11H15BrN2OS.ClH/c1-14(6-10-4-9(12)7-16-10)11(15)8-2-3-13-5-8;/h4,7-8,13H,2-3,5-6H2,1H3;1H. The number of nitrogens with zero attached hydrogens (tertiary/aromatic N) is 1. The number of nitrogens with one attached hydrogen (secondary N) is 1. The lowest BCUT2D eigenvalue weighted by atomic mass is 10.1. The Hall–Kier alpha value is -0.100. The molecule has 6 heteroatoms. The third kappa shape index (κ3) is 3.95. The van der Waals surface area contributed by atoms with E-state index in [2.05, 4.69) is 27.3 Å². The number of carbonyl (C=O) groups is 1. The molecule has 0 spiro atoms. The van der Waals surface area contributed by atoms with Gasteiger partial charge < -0.3 is 10.2 Å². The Morgan fingerprint density at radius 1 is 1.71 bits per heavy atom. The zero-order valence-corrected chi connectivity index (χ0v) is 12.8. The van der Waals surface area contributed by atoms with Gasteiger partial charge in [0.05, 0.1) is 12.5 Å². The molecule has 96 valence electrons. The fourth-order valence-corrected chi connectivity index (χ4v) is 3.43. The lowest BCUT2D eigenvalue weighted by Gasteiger charge is -2.19. The molecule has 0 bridgehead atoms. The van der Waals surface area contributed by atoms with Gasteiger partial charge in [-0.05, 0) is 35.0 Å². The van der Waals surface area contributed by atoms with Crippen molar-refractivity contribution in [1.82, 2.24) is 10.2 Å². The molecule has 1 saturated heterocycles. The first kappa shape index (κ1) is 15.0. The van der Waals surface area contributed by atoms with Crippen molar-refractivity contribution in [2.45, 2.75) is 13.0 Å². The molecule has 1 aliphatic rings. The van der Waals surface area contributed by atoms with Crippen molar-refractivity contribution in [3.63, 3.8) is 0 Å². The number of hydrogen-bond donors (Lipinski definition) is 1. The van der Waals surface area contributed by atoms with Crippen LogP contribution in [0.3, 0.4) is 0 Å². The molecule has 1 atom stereocenters. The van der Waals surface area contributed by atoms with Crippen molar-refractivity contribution in [1.29, 1.82) is 0 Å². The van der Waals surface area contributed by atoms with Crippen LogP contribution in [0.25, 0.3) is 0 Å². The molecule has 1 N–H and O–H groups in total. The van der Waals surface area contributed by atoms with E-state index < -0.39 is 0 Å². The fourth-order valence-electron chi connectivity index (χ4n) is 1.93. The van der Waals surface area contributed by atoms with Crippen LogP contribution in [-0.2, 0) is 11.3 Å². The lowest BCUT2D eigenvalue weighted by molar-refractivity contribution is -0.134. The van der Waals surface area contributed by atoms with E-state index in [4.69, 9.17) is 0 Å². The van der Waals surface area contributed by atoms with Gasteiger partial charge >= 0.3 is 0 Å². The molecular weight excluding hydrogens is 324 g/mol. The van der Waals surface area contributed by atoms with Crippen LogP contribution >= 0.6 is 39.7 Å². The maximum atomic E-state index is 12.0. The third-order valence-corrected chi connectivity index (χ3v) is 4.48. The predicted octanol–water partition coefficient (Wildman–Crippen LogP) is 2.50. The maximum Gasteiger partial charge on any atom is 0.227 e. The Bertz CT molecular complexity index is 379. The molecule has 3 nitrogen and oxygen atoms in total. The zero-order chi connectivity index (χ0) is 11.5. The van der Waals surface area contributed by atoms with Crippen molar-refractivity contribution in [3.8, 4) is 0 Å². The highest BCUT2D eigenvalue weighted by Gasteiger charge is 2.25. The molecule has 0 aromatic carbocycles. The molecule has 1 fully saturated rings. The molecule has 1 unspecified atom stereocenters. The fraction of sp³-hybridized carbons (Fsp3) is 0.545. The second-order valence-corrected chi connectivity index (χ2v) is 6.03. The molecule has 2 heterocycles. The van der Waals surface area contributed by atoms with E-state index in [-0.39, 0.29) is 24.2 Å². The third-order valence-electron chi connectivity index (χ3n) is 2.80. The van der Waals surface area contributed by atoms with Crippen LogP contribution in [0.2, 0.25) is 0 Å². The van der Waals surface area contributed by atoms with Crippen LogP contribution in [0.1, 0.15) is 11.3 Å². The first-order valence-corrected chi connectivity index (χ1v) is 7.02. The van der Waals surface area contributed by atoms with E-state index in [1.54, 1.807) is 11.3 Å². The summed E-state index contributed by atoms with van der Waals surface area (Å²) in [7, 11) is 1.88. The molecule has 0 aliphatic carbocycles. The van der Waals surface area contributed by atoms with Crippen LogP contribution in [-0.4, -0.2) is 30.9 Å². The van der Waals surface area contributed by atoms with Crippen molar-refractivity contribution < 1.29 is 4.79 Å². The Morgan fingerprint density at radius 3 is 3.00 bits per heavy atom. The van der Waals surface area contributed by atoms with Gasteiger partial charge in [-0.3, -0.25) is 4.79 Å². The average molecular weight is 340 g/mol. The molecule has 2 rings (SSSR count). The van der Waals surface area contributed by atoms with Gasteiger partial charge in [-0.15, -0.1) is 23.7 Å². The first-order chi connectivity index (χ1) is 7.66. The molecule has 1 aromatic rings. The normalized spacial score (nSPS) is 18.8. The number of thiophene rings is 1. The van der Waals surface area contributed by atoms with Crippen LogP contribution in [0.15, 0.2) is 15.9 Å². The summed E-state index contributed by atoms with van der Waals surface area (Å²) in [6.07, 6.45) is 0.970. The summed E-state index contributed by atoms with van der Waals surface area (Å²) in [6, 6.07) is 2.07. The van der Waals surface area contributed by atoms with Crippen molar-refractivity contribution >= 4 is 45.6 Å². The quantitative estimate of drug-likeness (QED) is 0.917. The molecule has 0 radical (unpaired) electrons. The number of amides is 1. The summed E-state index contributed by atoms with van der Waals surface area (Å²) in [5, 5.41) is 5.27. The highest BCUT2D eigenvalue weighted by Crippen LogP contribution is 2.21. The smallest absolute Gasteiger partial charge is 0.227 e. The predicted molar refractivity (Wildman–Crippen MR) is 76.7 cm³/mol. The second kappa shape index (κ2) is 6.73. The average Bonchev–Trinajstić information content (AvgIpc) is 2.88. The van der Waals surface area contributed by atoms with Gasteiger partial charge in [-0.25, -0.2) is 0 Å². The summed E-state index contributed by atoms with van der Waals surface area (Å²) in [4.78, 5) is 15.1. The van der Waals surface area contributed by atoms with Gasteiger partial charge in [0.25, 0.3) is 0 Å². The second-order valence-electron chi connectivity index (χ2n) is 4.12. The van der Waals surface area contributed by atoms with Gasteiger partial charge in [-0.1, -0.05) is 0 Å². The Labute approximate surface area is 120 Å². The number of hydrogen-bond acceptors (Lipinski definition) is 3. The minimum absolute atomic E-state index is 0. The number of rotatable bonds is 3. The Morgan fingerprint density at radius 2 is 2.47 bits per heavy atom. The topological polar surface area (TPSA) is 32.3 Å². The molecule has 1 amide bonds. The molecule has 1 aliphatic heterocycles. The van der Waals surface area contributed by atoms with Gasteiger partial charge in [0.2, 0.25) is 5.91 Å². The van der Waals surface area contributed by atoms with Gasteiger partial charge in [0, 0.05) is 28.3 Å². The van der Waals surface area contributed by atoms with E-state index in [0.717, 1.165) is 24.0 Å². The highest BCUT2D eigenvalue weighted by molar-refractivity contribution is 9.10. The van der Waals surface area contributed by atoms with E-state index in [0.29, 0.717) is 6.54 Å².